The summed E-state index contributed by atoms with van der Waals surface area (Å²) in [5.74, 6) is -0.203. The van der Waals surface area contributed by atoms with Gasteiger partial charge < -0.3 is 45.1 Å². The van der Waals surface area contributed by atoms with Crippen molar-refractivity contribution in [2.24, 2.45) is 0 Å². The second-order valence-electron chi connectivity index (χ2n) is 21.0. The quantitative estimate of drug-likeness (QED) is 0.0195. The molecule has 422 valence electrons. The fourth-order valence-electron chi connectivity index (χ4n) is 9.35. The molecule has 6 N–H and O–H groups in total. The average Bonchev–Trinajstić information content (AvgIpc) is 3.38. The maximum atomic E-state index is 13.0. The third kappa shape index (κ3) is 40.2. The SMILES string of the molecule is CCCC/C=C\CCCCCCCC(=O)OCCCCCCCCCCCCC/C=C\CCCCCCCCCC(=O)NC(COC1OC(CO)C(O)C(O)C1O)C(O)/C=C/CCCCCCCCCCC. The molecule has 0 aromatic carbocycles. The number of unbranched alkanes of at least 4 members (excludes halogenated alkanes) is 34. The van der Waals surface area contributed by atoms with Crippen LogP contribution in [0.5, 0.6) is 0 Å². The monoisotopic (exact) mass is 1020 g/mol. The number of aliphatic hydroxyl groups excluding tert-OH is 5. The number of rotatable bonds is 52. The van der Waals surface area contributed by atoms with Gasteiger partial charge in [0, 0.05) is 12.8 Å². The minimum Gasteiger partial charge on any atom is -0.466 e. The third-order valence-corrected chi connectivity index (χ3v) is 14.2. The van der Waals surface area contributed by atoms with Crippen LogP contribution in [-0.2, 0) is 23.8 Å². The van der Waals surface area contributed by atoms with Crippen molar-refractivity contribution in [1.29, 1.82) is 0 Å². The van der Waals surface area contributed by atoms with E-state index in [-0.39, 0.29) is 18.5 Å². The second kappa shape index (κ2) is 51.0. The molecule has 72 heavy (non-hydrogen) atoms. The van der Waals surface area contributed by atoms with Crippen LogP contribution in [0.4, 0.5) is 0 Å². The van der Waals surface area contributed by atoms with Crippen molar-refractivity contribution < 1.29 is 49.3 Å². The topological polar surface area (TPSA) is 175 Å². The molecule has 0 spiro atoms. The van der Waals surface area contributed by atoms with Gasteiger partial charge in [-0.05, 0) is 77.0 Å². The normalized spacial score (nSPS) is 19.2. The van der Waals surface area contributed by atoms with Crippen molar-refractivity contribution in [2.75, 3.05) is 19.8 Å². The van der Waals surface area contributed by atoms with Gasteiger partial charge in [-0.15, -0.1) is 0 Å². The number of hydrogen-bond acceptors (Lipinski definition) is 10. The lowest BCUT2D eigenvalue weighted by Crippen LogP contribution is -2.60. The summed E-state index contributed by atoms with van der Waals surface area (Å²) in [4.78, 5) is 25.0. The minimum absolute atomic E-state index is 0.0139. The number of carbonyl (C=O) groups is 2. The highest BCUT2D eigenvalue weighted by Crippen LogP contribution is 2.23. The number of allylic oxidation sites excluding steroid dienone is 5. The molecule has 1 aliphatic heterocycles. The zero-order chi connectivity index (χ0) is 52.4. The summed E-state index contributed by atoms with van der Waals surface area (Å²) in [7, 11) is 0. The molecular formula is C61H113NO10. The second-order valence-corrected chi connectivity index (χ2v) is 21.0. The van der Waals surface area contributed by atoms with Gasteiger partial charge in [0.2, 0.25) is 5.91 Å². The van der Waals surface area contributed by atoms with E-state index in [0.29, 0.717) is 19.4 Å². The molecule has 1 rings (SSSR count). The number of carbonyl (C=O) groups excluding carboxylic acids is 2. The van der Waals surface area contributed by atoms with Crippen molar-refractivity contribution in [2.45, 2.75) is 320 Å². The number of nitrogens with one attached hydrogen (secondary N) is 1. The molecule has 0 aromatic heterocycles. The molecule has 1 fully saturated rings. The molecule has 1 saturated heterocycles. The average molecular weight is 1020 g/mol. The maximum absolute atomic E-state index is 13.0. The molecule has 0 aromatic rings. The van der Waals surface area contributed by atoms with E-state index in [4.69, 9.17) is 14.2 Å². The summed E-state index contributed by atoms with van der Waals surface area (Å²) in [5, 5.41) is 54.3. The molecule has 11 nitrogen and oxygen atoms in total. The molecule has 11 heteroatoms. The molecule has 0 aliphatic carbocycles. The van der Waals surface area contributed by atoms with E-state index in [1.165, 1.54) is 173 Å². The van der Waals surface area contributed by atoms with Crippen LogP contribution >= 0.6 is 0 Å². The maximum Gasteiger partial charge on any atom is 0.305 e. The molecule has 1 heterocycles. The van der Waals surface area contributed by atoms with Gasteiger partial charge in [-0.1, -0.05) is 224 Å². The highest BCUT2D eigenvalue weighted by molar-refractivity contribution is 5.76. The first kappa shape index (κ1) is 67.9. The van der Waals surface area contributed by atoms with Crippen molar-refractivity contribution in [1.82, 2.24) is 5.32 Å². The van der Waals surface area contributed by atoms with Gasteiger partial charge in [-0.3, -0.25) is 9.59 Å². The van der Waals surface area contributed by atoms with Gasteiger partial charge in [0.15, 0.2) is 6.29 Å². The first-order valence-corrected chi connectivity index (χ1v) is 30.3. The third-order valence-electron chi connectivity index (χ3n) is 14.2. The van der Waals surface area contributed by atoms with Crippen LogP contribution in [0.2, 0.25) is 0 Å². The van der Waals surface area contributed by atoms with Gasteiger partial charge in [0.05, 0.1) is 32.0 Å². The Kier molecular flexibility index (Phi) is 48.1. The first-order valence-electron chi connectivity index (χ1n) is 30.3. The van der Waals surface area contributed by atoms with E-state index in [0.717, 1.165) is 77.0 Å². The standard InChI is InChI=1S/C61H113NO10/c1-3-5-7-9-11-13-27-31-35-39-43-47-54(64)53(52-71-61-60(69)59(68)58(67)55(51-63)72-61)62-56(65)48-44-40-36-32-29-25-23-21-19-17-15-16-18-20-22-24-26-30-34-38-42-46-50-70-57(66)49-45-41-37-33-28-14-12-10-8-6-4-2/h10,12,17,19,43,47,53-55,58-61,63-64,67-69H,3-9,11,13-16,18,20-42,44-46,48-52H2,1-2H3,(H,62,65)/b12-10-,19-17-,47-43+. The van der Waals surface area contributed by atoms with Crippen molar-refractivity contribution >= 4 is 11.9 Å². The number of ether oxygens (including phenoxy) is 3. The number of aliphatic hydroxyl groups is 5. The van der Waals surface area contributed by atoms with E-state index >= 15 is 0 Å². The molecule has 7 unspecified atom stereocenters. The summed E-state index contributed by atoms with van der Waals surface area (Å²) in [6.45, 7) is 4.29. The zero-order valence-electron chi connectivity index (χ0n) is 46.4. The lowest BCUT2D eigenvalue weighted by Gasteiger charge is -2.40. The summed E-state index contributed by atoms with van der Waals surface area (Å²) < 4.78 is 16.7. The molecule has 0 bridgehead atoms. The Morgan fingerprint density at radius 3 is 1.38 bits per heavy atom. The highest BCUT2D eigenvalue weighted by atomic mass is 16.7. The van der Waals surface area contributed by atoms with E-state index in [1.807, 2.05) is 6.08 Å². The van der Waals surface area contributed by atoms with Gasteiger partial charge in [-0.25, -0.2) is 0 Å². The predicted octanol–water partition coefficient (Wildman–Crippen LogP) is 13.9. The fraction of sp³-hybridized carbons (Fsp3) is 0.869. The van der Waals surface area contributed by atoms with Crippen LogP contribution in [0.15, 0.2) is 36.5 Å². The zero-order valence-corrected chi connectivity index (χ0v) is 46.4. The van der Waals surface area contributed by atoms with E-state index < -0.39 is 49.5 Å². The Morgan fingerprint density at radius 2 is 0.903 bits per heavy atom. The van der Waals surface area contributed by atoms with Crippen molar-refractivity contribution in [3.05, 3.63) is 36.5 Å². The van der Waals surface area contributed by atoms with Crippen LogP contribution in [-0.4, -0.2) is 100 Å². The molecule has 7 atom stereocenters. The van der Waals surface area contributed by atoms with Crippen LogP contribution in [0.3, 0.4) is 0 Å². The molecule has 0 saturated carbocycles. The van der Waals surface area contributed by atoms with Crippen molar-refractivity contribution in [3.8, 4) is 0 Å². The summed E-state index contributed by atoms with van der Waals surface area (Å²) in [5.41, 5.74) is 0. The summed E-state index contributed by atoms with van der Waals surface area (Å²) in [6, 6.07) is -0.814. The lowest BCUT2D eigenvalue weighted by atomic mass is 9.99. The largest absolute Gasteiger partial charge is 0.466 e. The Labute approximate surface area is 441 Å². The van der Waals surface area contributed by atoms with Crippen LogP contribution in [0.1, 0.15) is 277 Å². The lowest BCUT2D eigenvalue weighted by molar-refractivity contribution is -0.302. The number of amides is 1. The smallest absolute Gasteiger partial charge is 0.305 e. The van der Waals surface area contributed by atoms with E-state index in [2.05, 4.69) is 43.5 Å². The van der Waals surface area contributed by atoms with E-state index in [1.54, 1.807) is 6.08 Å². The molecule has 1 amide bonds. The van der Waals surface area contributed by atoms with Gasteiger partial charge in [0.1, 0.15) is 24.4 Å². The summed E-state index contributed by atoms with van der Waals surface area (Å²) in [6.07, 6.45) is 52.4. The van der Waals surface area contributed by atoms with Gasteiger partial charge in [-0.2, -0.15) is 0 Å². The Morgan fingerprint density at radius 1 is 0.500 bits per heavy atom. The van der Waals surface area contributed by atoms with Gasteiger partial charge in [0.25, 0.3) is 0 Å². The van der Waals surface area contributed by atoms with E-state index in [9.17, 15) is 35.1 Å². The number of esters is 1. The fourth-order valence-corrected chi connectivity index (χ4v) is 9.35. The van der Waals surface area contributed by atoms with Gasteiger partial charge >= 0.3 is 5.97 Å². The Balaban J connectivity index is 2.06. The number of hydrogen-bond donors (Lipinski definition) is 6. The van der Waals surface area contributed by atoms with Crippen LogP contribution < -0.4 is 5.32 Å². The minimum atomic E-state index is -1.57. The van der Waals surface area contributed by atoms with Crippen LogP contribution in [0, 0.1) is 0 Å². The highest BCUT2D eigenvalue weighted by Gasteiger charge is 2.44. The first-order chi connectivity index (χ1) is 35.2. The van der Waals surface area contributed by atoms with Crippen molar-refractivity contribution in [3.63, 3.8) is 0 Å². The van der Waals surface area contributed by atoms with Crippen LogP contribution in [0.25, 0.3) is 0 Å². The molecule has 1 aliphatic rings. The Bertz CT molecular complexity index is 1290. The summed E-state index contributed by atoms with van der Waals surface area (Å²) >= 11 is 0. The Hall–Kier alpha value is -2.12. The molecular weight excluding hydrogens is 907 g/mol. The molecule has 0 radical (unpaired) electrons. The predicted molar refractivity (Wildman–Crippen MR) is 297 cm³/mol.